The van der Waals surface area contributed by atoms with Crippen molar-refractivity contribution in [3.8, 4) is 0 Å². The van der Waals surface area contributed by atoms with Crippen molar-refractivity contribution in [2.45, 2.75) is 46.0 Å². The number of aliphatic hydroxyl groups excluding tert-OH is 1. The summed E-state index contributed by atoms with van der Waals surface area (Å²) in [4.78, 5) is 22.5. The van der Waals surface area contributed by atoms with Gasteiger partial charge in [0.05, 0.1) is 17.5 Å². The highest BCUT2D eigenvalue weighted by Crippen LogP contribution is 2.45. The Morgan fingerprint density at radius 2 is 2.03 bits per heavy atom. The van der Waals surface area contributed by atoms with E-state index in [0.717, 1.165) is 31.7 Å². The number of aromatic nitrogens is 2. The third-order valence-corrected chi connectivity index (χ3v) is 7.00. The van der Waals surface area contributed by atoms with Crippen molar-refractivity contribution in [3.05, 3.63) is 23.5 Å². The molecule has 180 valence electrons. The number of nitrogens with two attached hydrogens (primary N) is 1. The summed E-state index contributed by atoms with van der Waals surface area (Å²) in [5.41, 5.74) is 4.54. The van der Waals surface area contributed by atoms with Crippen molar-refractivity contribution in [3.63, 3.8) is 0 Å². The molecule has 1 saturated carbocycles. The number of amides is 1. The van der Waals surface area contributed by atoms with Crippen LogP contribution in [0.25, 0.3) is 10.9 Å². The summed E-state index contributed by atoms with van der Waals surface area (Å²) >= 11 is 0. The molecule has 0 spiro atoms. The number of nitrogens with one attached hydrogen (secondary N) is 1. The zero-order valence-electron chi connectivity index (χ0n) is 18.9. The largest absolute Gasteiger partial charge is 0.396 e. The van der Waals surface area contributed by atoms with Gasteiger partial charge in [0, 0.05) is 36.5 Å². The molecule has 2 aromatic rings. The zero-order chi connectivity index (χ0) is 24.0. The first-order valence-electron chi connectivity index (χ1n) is 11.3. The highest BCUT2D eigenvalue weighted by molar-refractivity contribution is 5.91. The van der Waals surface area contributed by atoms with Gasteiger partial charge < -0.3 is 21.1 Å². The lowest BCUT2D eigenvalue weighted by Crippen LogP contribution is -2.41. The van der Waals surface area contributed by atoms with E-state index in [1.54, 1.807) is 0 Å². The summed E-state index contributed by atoms with van der Waals surface area (Å²) < 4.78 is 42.7. The van der Waals surface area contributed by atoms with Gasteiger partial charge in [0.2, 0.25) is 11.9 Å². The molecule has 1 amide bonds. The van der Waals surface area contributed by atoms with Gasteiger partial charge in [-0.2, -0.15) is 4.98 Å². The van der Waals surface area contributed by atoms with E-state index in [-0.39, 0.29) is 46.5 Å². The van der Waals surface area contributed by atoms with Gasteiger partial charge in [-0.1, -0.05) is 13.8 Å². The van der Waals surface area contributed by atoms with Crippen molar-refractivity contribution < 1.29 is 23.1 Å². The number of carbonyl (C=O) groups is 1. The van der Waals surface area contributed by atoms with E-state index in [1.165, 1.54) is 0 Å². The van der Waals surface area contributed by atoms with Crippen LogP contribution in [0.2, 0.25) is 0 Å². The molecule has 4 N–H and O–H groups in total. The van der Waals surface area contributed by atoms with Gasteiger partial charge in [0.25, 0.3) is 0 Å². The maximum absolute atomic E-state index is 14.7. The van der Waals surface area contributed by atoms with Gasteiger partial charge in [-0.3, -0.25) is 4.79 Å². The number of hydrogen-bond acceptors (Lipinski definition) is 6. The maximum atomic E-state index is 14.7. The van der Waals surface area contributed by atoms with Crippen LogP contribution in [0.5, 0.6) is 0 Å². The standard InChI is InChI=1S/C23H30F3N5O2/c1-22(2,20(27)33)9-13-4-3-7-31(10-13)21-29-15-8-14(24)17(25)18(26)16(15)19(30-21)28-11-23(12-32)5-6-23/h8,13,32H,3-7,9-12H2,1-2H3,(H2,27,33)(H,28,29,30). The molecule has 33 heavy (non-hydrogen) atoms. The summed E-state index contributed by atoms with van der Waals surface area (Å²) in [5, 5.41) is 12.4. The third-order valence-electron chi connectivity index (χ3n) is 7.00. The highest BCUT2D eigenvalue weighted by atomic mass is 19.2. The second-order valence-electron chi connectivity index (χ2n) is 10.2. The number of carbonyl (C=O) groups excluding carboxylic acids is 1. The minimum Gasteiger partial charge on any atom is -0.396 e. The van der Waals surface area contributed by atoms with E-state index in [2.05, 4.69) is 15.3 Å². The summed E-state index contributed by atoms with van der Waals surface area (Å²) in [6.45, 7) is 5.16. The number of rotatable bonds is 8. The first-order chi connectivity index (χ1) is 15.5. The fourth-order valence-corrected chi connectivity index (χ4v) is 4.53. The number of piperidine rings is 1. The smallest absolute Gasteiger partial charge is 0.227 e. The van der Waals surface area contributed by atoms with Crippen LogP contribution in [0.15, 0.2) is 6.07 Å². The third kappa shape index (κ3) is 4.71. The lowest BCUT2D eigenvalue weighted by Gasteiger charge is -2.36. The number of fused-ring (bicyclic) bond motifs is 1. The summed E-state index contributed by atoms with van der Waals surface area (Å²) in [5.74, 6) is -4.06. The van der Waals surface area contributed by atoms with Crippen LogP contribution in [-0.2, 0) is 4.79 Å². The molecule has 1 atom stereocenters. The Labute approximate surface area is 190 Å². The SMILES string of the molecule is CC(C)(CC1CCCN(c2nc(NCC3(CO)CC3)c3c(F)c(F)c(F)cc3n2)C1)C(N)=O. The highest BCUT2D eigenvalue weighted by Gasteiger charge is 2.42. The average Bonchev–Trinajstić information content (AvgIpc) is 3.56. The van der Waals surface area contributed by atoms with Crippen LogP contribution in [-0.4, -0.2) is 47.2 Å². The number of nitrogens with zero attached hydrogens (tertiary/aromatic N) is 3. The quantitative estimate of drug-likeness (QED) is 0.517. The Kier molecular flexibility index (Phi) is 6.15. The second-order valence-corrected chi connectivity index (χ2v) is 10.2. The predicted octanol–water partition coefficient (Wildman–Crippen LogP) is 3.35. The average molecular weight is 466 g/mol. The predicted molar refractivity (Wildman–Crippen MR) is 119 cm³/mol. The van der Waals surface area contributed by atoms with Crippen molar-refractivity contribution in [2.24, 2.45) is 22.5 Å². The Balaban J connectivity index is 1.67. The Morgan fingerprint density at radius 1 is 1.30 bits per heavy atom. The van der Waals surface area contributed by atoms with Crippen molar-refractivity contribution in [2.75, 3.05) is 36.5 Å². The normalized spacial score (nSPS) is 20.2. The van der Waals surface area contributed by atoms with Crippen LogP contribution >= 0.6 is 0 Å². The topological polar surface area (TPSA) is 104 Å². The molecular formula is C23H30F3N5O2. The van der Waals surface area contributed by atoms with E-state index in [9.17, 15) is 23.1 Å². The molecule has 2 fully saturated rings. The fraction of sp³-hybridized carbons (Fsp3) is 0.609. The van der Waals surface area contributed by atoms with Crippen LogP contribution in [0.4, 0.5) is 24.9 Å². The van der Waals surface area contributed by atoms with E-state index < -0.39 is 22.9 Å². The lowest BCUT2D eigenvalue weighted by atomic mass is 9.79. The van der Waals surface area contributed by atoms with Gasteiger partial charge in [0.15, 0.2) is 17.5 Å². The summed E-state index contributed by atoms with van der Waals surface area (Å²) in [6, 6.07) is 0.876. The Bertz CT molecular complexity index is 1070. The van der Waals surface area contributed by atoms with Gasteiger partial charge in [-0.15, -0.1) is 0 Å². The van der Waals surface area contributed by atoms with Gasteiger partial charge in [0.1, 0.15) is 5.82 Å². The number of hydrogen-bond donors (Lipinski definition) is 3. The van der Waals surface area contributed by atoms with Crippen LogP contribution < -0.4 is 16.0 Å². The molecule has 2 heterocycles. The first kappa shape index (κ1) is 23.5. The maximum Gasteiger partial charge on any atom is 0.227 e. The van der Waals surface area contributed by atoms with Gasteiger partial charge >= 0.3 is 0 Å². The van der Waals surface area contributed by atoms with Crippen LogP contribution in [0.1, 0.15) is 46.0 Å². The monoisotopic (exact) mass is 465 g/mol. The molecule has 1 aliphatic carbocycles. The molecular weight excluding hydrogens is 435 g/mol. The minimum absolute atomic E-state index is 0.0230. The van der Waals surface area contributed by atoms with Gasteiger partial charge in [-0.05, 0) is 38.0 Å². The van der Waals surface area contributed by atoms with E-state index >= 15 is 0 Å². The molecule has 1 aliphatic heterocycles. The van der Waals surface area contributed by atoms with E-state index in [1.807, 2.05) is 18.7 Å². The van der Waals surface area contributed by atoms with Crippen molar-refractivity contribution >= 4 is 28.6 Å². The summed E-state index contributed by atoms with van der Waals surface area (Å²) in [7, 11) is 0. The van der Waals surface area contributed by atoms with Crippen LogP contribution in [0.3, 0.4) is 0 Å². The lowest BCUT2D eigenvalue weighted by molar-refractivity contribution is -0.126. The second kappa shape index (κ2) is 8.62. The van der Waals surface area contributed by atoms with Crippen molar-refractivity contribution in [1.29, 1.82) is 0 Å². The van der Waals surface area contributed by atoms with Gasteiger partial charge in [-0.25, -0.2) is 18.2 Å². The molecule has 1 aromatic heterocycles. The molecule has 10 heteroatoms. The minimum atomic E-state index is -1.57. The molecule has 0 radical (unpaired) electrons. The van der Waals surface area contributed by atoms with E-state index in [4.69, 9.17) is 5.73 Å². The number of benzene rings is 1. The molecule has 7 nitrogen and oxygen atoms in total. The molecule has 1 aromatic carbocycles. The van der Waals surface area contributed by atoms with Crippen LogP contribution in [0, 0.1) is 34.2 Å². The molecule has 1 unspecified atom stereocenters. The fourth-order valence-electron chi connectivity index (χ4n) is 4.53. The number of aliphatic hydroxyl groups is 1. The number of halogens is 3. The van der Waals surface area contributed by atoms with Crippen molar-refractivity contribution in [1.82, 2.24) is 9.97 Å². The Hall–Kier alpha value is -2.62. The first-order valence-corrected chi connectivity index (χ1v) is 11.3. The molecule has 4 rings (SSSR count). The zero-order valence-corrected chi connectivity index (χ0v) is 18.9. The number of anilines is 2. The number of primary amides is 1. The molecule has 1 saturated heterocycles. The van der Waals surface area contributed by atoms with E-state index in [0.29, 0.717) is 26.1 Å². The summed E-state index contributed by atoms with van der Waals surface area (Å²) in [6.07, 6.45) is 4.00. The molecule has 2 aliphatic rings. The molecule has 0 bridgehead atoms. The Morgan fingerprint density at radius 3 is 2.67 bits per heavy atom.